The smallest absolute Gasteiger partial charge is 0.330 e. The van der Waals surface area contributed by atoms with Crippen molar-refractivity contribution >= 4 is 22.7 Å². The molecule has 28 heavy (non-hydrogen) atoms. The first kappa shape index (κ1) is 21.0. The van der Waals surface area contributed by atoms with Crippen molar-refractivity contribution in [3.8, 4) is 11.5 Å². The molecule has 0 aromatic heterocycles. The normalized spacial score (nSPS) is 12.5. The van der Waals surface area contributed by atoms with Crippen LogP contribution >= 0.6 is 0 Å². The van der Waals surface area contributed by atoms with Crippen molar-refractivity contribution in [3.05, 3.63) is 61.7 Å². The van der Waals surface area contributed by atoms with Gasteiger partial charge in [-0.15, -0.1) is 0 Å². The molecule has 2 atom stereocenters. The molecule has 6 heteroatoms. The number of rotatable bonds is 10. The number of esters is 2. The Balaban J connectivity index is 1.98. The van der Waals surface area contributed by atoms with Crippen molar-refractivity contribution in [3.63, 3.8) is 0 Å². The molecule has 0 aliphatic heterocycles. The molecule has 0 saturated carbocycles. The first-order valence-corrected chi connectivity index (χ1v) is 8.86. The van der Waals surface area contributed by atoms with Gasteiger partial charge in [-0.05, 0) is 48.9 Å². The fourth-order valence-corrected chi connectivity index (χ4v) is 2.37. The molecular formula is C22H24O6. The lowest BCUT2D eigenvalue weighted by Gasteiger charge is -2.15. The summed E-state index contributed by atoms with van der Waals surface area (Å²) in [5.74, 6) is 0.340. The third-order valence-electron chi connectivity index (χ3n) is 3.72. The van der Waals surface area contributed by atoms with E-state index in [1.54, 1.807) is 13.8 Å². The van der Waals surface area contributed by atoms with E-state index >= 15 is 0 Å². The van der Waals surface area contributed by atoms with Gasteiger partial charge in [0.15, 0.2) is 0 Å². The van der Waals surface area contributed by atoms with Gasteiger partial charge in [-0.3, -0.25) is 0 Å². The second kappa shape index (κ2) is 10.2. The number of hydrogen-bond acceptors (Lipinski definition) is 6. The molecule has 0 radical (unpaired) electrons. The van der Waals surface area contributed by atoms with Crippen LogP contribution in [-0.2, 0) is 19.1 Å². The Morgan fingerprint density at radius 2 is 1.25 bits per heavy atom. The number of fused-ring (bicyclic) bond motifs is 1. The van der Waals surface area contributed by atoms with Gasteiger partial charge in [0.05, 0.1) is 0 Å². The first-order chi connectivity index (χ1) is 13.4. The Bertz CT molecular complexity index is 790. The number of carbonyl (C=O) groups is 2. The molecular weight excluding hydrogens is 360 g/mol. The SMILES string of the molecule is C=CC(=O)OC(C)COc1ccc2ccc(OCC(C)OC(=O)C=C)cc2c1. The highest BCUT2D eigenvalue weighted by molar-refractivity contribution is 5.85. The maximum absolute atomic E-state index is 11.2. The molecule has 0 bridgehead atoms. The Morgan fingerprint density at radius 3 is 1.64 bits per heavy atom. The molecule has 0 spiro atoms. The molecule has 0 N–H and O–H groups in total. The van der Waals surface area contributed by atoms with Gasteiger partial charge in [-0.2, -0.15) is 0 Å². The standard InChI is InChI=1S/C22H24O6/c1-5-21(23)27-15(3)13-25-19-9-7-17-8-10-20(12-18(17)11-19)26-14-16(4)28-22(24)6-2/h5-12,15-16H,1-2,13-14H2,3-4H3. The second-order valence-corrected chi connectivity index (χ2v) is 6.20. The van der Waals surface area contributed by atoms with Gasteiger partial charge >= 0.3 is 11.9 Å². The Hall–Kier alpha value is -3.28. The summed E-state index contributed by atoms with van der Waals surface area (Å²) in [7, 11) is 0. The van der Waals surface area contributed by atoms with Crippen LogP contribution in [0.25, 0.3) is 10.8 Å². The van der Waals surface area contributed by atoms with Gasteiger partial charge in [-0.25, -0.2) is 9.59 Å². The van der Waals surface area contributed by atoms with Crippen LogP contribution in [0.2, 0.25) is 0 Å². The van der Waals surface area contributed by atoms with Crippen molar-refractivity contribution in [1.29, 1.82) is 0 Å². The highest BCUT2D eigenvalue weighted by Crippen LogP contribution is 2.25. The summed E-state index contributed by atoms with van der Waals surface area (Å²) in [4.78, 5) is 22.4. The third-order valence-corrected chi connectivity index (χ3v) is 3.72. The molecule has 0 heterocycles. The summed E-state index contributed by atoms with van der Waals surface area (Å²) in [6.45, 7) is 10.7. The molecule has 0 aliphatic rings. The maximum atomic E-state index is 11.2. The van der Waals surface area contributed by atoms with Crippen molar-refractivity contribution < 1.29 is 28.5 Å². The highest BCUT2D eigenvalue weighted by atomic mass is 16.6. The van der Waals surface area contributed by atoms with E-state index in [1.165, 1.54) is 0 Å². The van der Waals surface area contributed by atoms with E-state index in [9.17, 15) is 9.59 Å². The number of hydrogen-bond donors (Lipinski definition) is 0. The average Bonchev–Trinajstić information content (AvgIpc) is 2.70. The summed E-state index contributed by atoms with van der Waals surface area (Å²) < 4.78 is 21.5. The Labute approximate surface area is 164 Å². The molecule has 6 nitrogen and oxygen atoms in total. The van der Waals surface area contributed by atoms with Crippen LogP contribution < -0.4 is 9.47 Å². The van der Waals surface area contributed by atoms with Crippen LogP contribution in [0.3, 0.4) is 0 Å². The zero-order chi connectivity index (χ0) is 20.5. The van der Waals surface area contributed by atoms with Gasteiger partial charge in [-0.1, -0.05) is 25.3 Å². The van der Waals surface area contributed by atoms with E-state index in [0.717, 1.165) is 22.9 Å². The molecule has 0 saturated heterocycles. The van der Waals surface area contributed by atoms with Gasteiger partial charge < -0.3 is 18.9 Å². The predicted octanol–water partition coefficient (Wildman–Crippen LogP) is 3.83. The molecule has 0 fully saturated rings. The summed E-state index contributed by atoms with van der Waals surface area (Å²) in [6, 6.07) is 11.3. The van der Waals surface area contributed by atoms with Gasteiger partial charge in [0, 0.05) is 12.2 Å². The van der Waals surface area contributed by atoms with Crippen molar-refractivity contribution in [2.24, 2.45) is 0 Å². The maximum Gasteiger partial charge on any atom is 0.330 e. The Kier molecular flexibility index (Phi) is 7.63. The van der Waals surface area contributed by atoms with Gasteiger partial charge in [0.2, 0.25) is 0 Å². The van der Waals surface area contributed by atoms with Crippen molar-refractivity contribution in [2.75, 3.05) is 13.2 Å². The van der Waals surface area contributed by atoms with E-state index < -0.39 is 24.1 Å². The lowest BCUT2D eigenvalue weighted by molar-refractivity contribution is -0.144. The topological polar surface area (TPSA) is 71.1 Å². The number of benzene rings is 2. The van der Waals surface area contributed by atoms with Gasteiger partial charge in [0.1, 0.15) is 36.9 Å². The minimum absolute atomic E-state index is 0.230. The number of carbonyl (C=O) groups excluding carboxylic acids is 2. The molecule has 0 aliphatic carbocycles. The minimum Gasteiger partial charge on any atom is -0.490 e. The third kappa shape index (κ3) is 6.46. The molecule has 2 unspecified atom stereocenters. The predicted molar refractivity (Wildman–Crippen MR) is 106 cm³/mol. The fourth-order valence-electron chi connectivity index (χ4n) is 2.37. The summed E-state index contributed by atoms with van der Waals surface area (Å²) in [5.41, 5.74) is 0. The summed E-state index contributed by atoms with van der Waals surface area (Å²) in [5, 5.41) is 1.96. The quantitative estimate of drug-likeness (QED) is 0.458. The molecule has 2 rings (SSSR count). The fraction of sp³-hybridized carbons (Fsp3) is 0.273. The van der Waals surface area contributed by atoms with Crippen LogP contribution in [0.5, 0.6) is 11.5 Å². The lowest BCUT2D eigenvalue weighted by Crippen LogP contribution is -2.20. The van der Waals surface area contributed by atoms with Crippen LogP contribution in [0.4, 0.5) is 0 Å². The van der Waals surface area contributed by atoms with Crippen LogP contribution in [0.15, 0.2) is 61.7 Å². The van der Waals surface area contributed by atoms with Crippen LogP contribution in [-0.4, -0.2) is 37.4 Å². The largest absolute Gasteiger partial charge is 0.490 e. The lowest BCUT2D eigenvalue weighted by atomic mass is 10.1. The van der Waals surface area contributed by atoms with E-state index in [1.807, 2.05) is 36.4 Å². The summed E-state index contributed by atoms with van der Waals surface area (Å²) >= 11 is 0. The monoisotopic (exact) mass is 384 g/mol. The highest BCUT2D eigenvalue weighted by Gasteiger charge is 2.09. The van der Waals surface area contributed by atoms with E-state index in [4.69, 9.17) is 18.9 Å². The Morgan fingerprint density at radius 1 is 0.821 bits per heavy atom. The van der Waals surface area contributed by atoms with E-state index in [-0.39, 0.29) is 13.2 Å². The minimum atomic E-state index is -0.482. The molecule has 2 aromatic carbocycles. The van der Waals surface area contributed by atoms with Crippen molar-refractivity contribution in [2.45, 2.75) is 26.1 Å². The summed E-state index contributed by atoms with van der Waals surface area (Å²) in [6.07, 6.45) is 1.45. The van der Waals surface area contributed by atoms with E-state index in [0.29, 0.717) is 11.5 Å². The van der Waals surface area contributed by atoms with Crippen LogP contribution in [0.1, 0.15) is 13.8 Å². The van der Waals surface area contributed by atoms with Crippen molar-refractivity contribution in [1.82, 2.24) is 0 Å². The van der Waals surface area contributed by atoms with E-state index in [2.05, 4.69) is 13.2 Å². The van der Waals surface area contributed by atoms with Crippen LogP contribution in [0, 0.1) is 0 Å². The number of ether oxygens (including phenoxy) is 4. The molecule has 2 aromatic rings. The zero-order valence-corrected chi connectivity index (χ0v) is 16.1. The zero-order valence-electron chi connectivity index (χ0n) is 16.1. The average molecular weight is 384 g/mol. The second-order valence-electron chi connectivity index (χ2n) is 6.20. The van der Waals surface area contributed by atoms with Gasteiger partial charge in [0.25, 0.3) is 0 Å². The molecule has 0 amide bonds. The molecule has 148 valence electrons. The first-order valence-electron chi connectivity index (χ1n) is 8.86.